The van der Waals surface area contributed by atoms with Crippen LogP contribution < -0.4 is 10.6 Å². The Morgan fingerprint density at radius 2 is 1.83 bits per heavy atom. The molecule has 0 radical (unpaired) electrons. The van der Waals surface area contributed by atoms with Crippen molar-refractivity contribution < 1.29 is 15.0 Å². The number of carbonyl (C=O) groups is 1. The zero-order chi connectivity index (χ0) is 17.5. The van der Waals surface area contributed by atoms with E-state index in [1.165, 1.54) is 5.56 Å². The first-order valence-corrected chi connectivity index (χ1v) is 8.17. The number of aliphatic hydroxyl groups is 2. The normalized spacial score (nSPS) is 14.2. The van der Waals surface area contributed by atoms with Gasteiger partial charge in [-0.05, 0) is 36.3 Å². The van der Waals surface area contributed by atoms with Crippen LogP contribution in [0.15, 0.2) is 24.3 Å². The summed E-state index contributed by atoms with van der Waals surface area (Å²) in [4.78, 5) is 11.7. The highest BCUT2D eigenvalue weighted by Gasteiger charge is 2.15. The quantitative estimate of drug-likeness (QED) is 0.622. The standard InChI is InChI=1S/C18H30N2O3/c1-13(6-5-11-21)20-17(23)19-12-16(22)14-7-9-15(10-8-14)18(2,3)4/h7-10,13,16,21-22H,5-6,11-12H2,1-4H3,(H2,19,20,23). The van der Waals surface area contributed by atoms with Gasteiger partial charge in [0.1, 0.15) is 0 Å². The molecule has 0 heterocycles. The molecule has 0 saturated carbocycles. The summed E-state index contributed by atoms with van der Waals surface area (Å²) < 4.78 is 0. The van der Waals surface area contributed by atoms with Gasteiger partial charge in [0.2, 0.25) is 0 Å². The predicted molar refractivity (Wildman–Crippen MR) is 92.4 cm³/mol. The summed E-state index contributed by atoms with van der Waals surface area (Å²) in [6.07, 6.45) is 0.646. The minimum atomic E-state index is -0.734. The molecular formula is C18H30N2O3. The number of rotatable bonds is 7. The minimum Gasteiger partial charge on any atom is -0.396 e. The first-order chi connectivity index (χ1) is 10.7. The molecule has 0 saturated heterocycles. The van der Waals surface area contributed by atoms with Crippen LogP contribution in [-0.4, -0.2) is 35.4 Å². The third-order valence-corrected chi connectivity index (χ3v) is 3.79. The third kappa shape index (κ3) is 7.01. The highest BCUT2D eigenvalue weighted by atomic mass is 16.3. The Morgan fingerprint density at radius 1 is 1.22 bits per heavy atom. The lowest BCUT2D eigenvalue weighted by Gasteiger charge is -2.20. The Hall–Kier alpha value is -1.59. The van der Waals surface area contributed by atoms with Gasteiger partial charge in [0.05, 0.1) is 6.10 Å². The number of aliphatic hydroxyl groups excluding tert-OH is 2. The van der Waals surface area contributed by atoms with Crippen LogP contribution in [0.3, 0.4) is 0 Å². The zero-order valence-electron chi connectivity index (χ0n) is 14.6. The van der Waals surface area contributed by atoms with Crippen LogP contribution in [-0.2, 0) is 5.41 Å². The fraction of sp³-hybridized carbons (Fsp3) is 0.611. The van der Waals surface area contributed by atoms with Gasteiger partial charge in [0, 0.05) is 19.2 Å². The molecule has 0 fully saturated rings. The Balaban J connectivity index is 2.44. The molecule has 0 aliphatic carbocycles. The van der Waals surface area contributed by atoms with Crippen molar-refractivity contribution in [3.05, 3.63) is 35.4 Å². The molecule has 5 heteroatoms. The first kappa shape index (κ1) is 19.5. The molecular weight excluding hydrogens is 292 g/mol. The topological polar surface area (TPSA) is 81.6 Å². The fourth-order valence-corrected chi connectivity index (χ4v) is 2.26. The van der Waals surface area contributed by atoms with Crippen molar-refractivity contribution in [1.82, 2.24) is 10.6 Å². The molecule has 1 rings (SSSR count). The van der Waals surface area contributed by atoms with Crippen LogP contribution in [0.2, 0.25) is 0 Å². The molecule has 2 unspecified atom stereocenters. The second kappa shape index (κ2) is 8.89. The molecule has 4 N–H and O–H groups in total. The average Bonchev–Trinajstić information content (AvgIpc) is 2.49. The van der Waals surface area contributed by atoms with E-state index in [9.17, 15) is 9.90 Å². The number of urea groups is 1. The van der Waals surface area contributed by atoms with Crippen LogP contribution in [0.4, 0.5) is 4.79 Å². The van der Waals surface area contributed by atoms with E-state index in [2.05, 4.69) is 31.4 Å². The van der Waals surface area contributed by atoms with Gasteiger partial charge in [0.15, 0.2) is 0 Å². The molecule has 23 heavy (non-hydrogen) atoms. The van der Waals surface area contributed by atoms with Gasteiger partial charge in [0.25, 0.3) is 0 Å². The summed E-state index contributed by atoms with van der Waals surface area (Å²) >= 11 is 0. The lowest BCUT2D eigenvalue weighted by atomic mass is 9.86. The van der Waals surface area contributed by atoms with Gasteiger partial charge in [-0.2, -0.15) is 0 Å². The molecule has 0 bridgehead atoms. The number of carbonyl (C=O) groups excluding carboxylic acids is 1. The second-order valence-electron chi connectivity index (χ2n) is 7.01. The molecule has 0 aromatic heterocycles. The maximum absolute atomic E-state index is 11.7. The van der Waals surface area contributed by atoms with E-state index < -0.39 is 6.10 Å². The molecule has 0 aliphatic heterocycles. The smallest absolute Gasteiger partial charge is 0.315 e. The van der Waals surface area contributed by atoms with Crippen LogP contribution in [0, 0.1) is 0 Å². The zero-order valence-corrected chi connectivity index (χ0v) is 14.6. The number of nitrogens with one attached hydrogen (secondary N) is 2. The maximum Gasteiger partial charge on any atom is 0.315 e. The summed E-state index contributed by atoms with van der Waals surface area (Å²) in [5, 5.41) is 24.4. The van der Waals surface area contributed by atoms with E-state index in [0.29, 0.717) is 6.42 Å². The van der Waals surface area contributed by atoms with Gasteiger partial charge < -0.3 is 20.8 Å². The van der Waals surface area contributed by atoms with Crippen molar-refractivity contribution in [3.8, 4) is 0 Å². The van der Waals surface area contributed by atoms with Gasteiger partial charge in [-0.25, -0.2) is 4.79 Å². The van der Waals surface area contributed by atoms with Gasteiger partial charge in [-0.3, -0.25) is 0 Å². The van der Waals surface area contributed by atoms with E-state index in [1.807, 2.05) is 31.2 Å². The Bertz CT molecular complexity index is 480. The summed E-state index contributed by atoms with van der Waals surface area (Å²) in [5.74, 6) is 0. The summed E-state index contributed by atoms with van der Waals surface area (Å²) in [7, 11) is 0. The second-order valence-corrected chi connectivity index (χ2v) is 7.01. The maximum atomic E-state index is 11.7. The van der Waals surface area contributed by atoms with E-state index in [1.54, 1.807) is 0 Å². The fourth-order valence-electron chi connectivity index (χ4n) is 2.26. The largest absolute Gasteiger partial charge is 0.396 e. The summed E-state index contributed by atoms with van der Waals surface area (Å²) in [6, 6.07) is 7.50. The third-order valence-electron chi connectivity index (χ3n) is 3.79. The molecule has 2 amide bonds. The van der Waals surface area contributed by atoms with Crippen molar-refractivity contribution in [2.45, 2.75) is 58.1 Å². The number of amides is 2. The molecule has 1 aromatic rings. The van der Waals surface area contributed by atoms with Gasteiger partial charge in [-0.15, -0.1) is 0 Å². The van der Waals surface area contributed by atoms with E-state index in [0.717, 1.165) is 12.0 Å². The molecule has 130 valence electrons. The minimum absolute atomic E-state index is 0.00892. The molecule has 0 spiro atoms. The van der Waals surface area contributed by atoms with Crippen molar-refractivity contribution in [2.24, 2.45) is 0 Å². The van der Waals surface area contributed by atoms with E-state index in [-0.39, 0.29) is 30.6 Å². The SMILES string of the molecule is CC(CCCO)NC(=O)NCC(O)c1ccc(C(C)(C)C)cc1. The molecule has 1 aromatic carbocycles. The lowest BCUT2D eigenvalue weighted by Crippen LogP contribution is -2.42. The highest BCUT2D eigenvalue weighted by molar-refractivity contribution is 5.74. The molecule has 0 aliphatic rings. The van der Waals surface area contributed by atoms with E-state index in [4.69, 9.17) is 5.11 Å². The number of hydrogen-bond donors (Lipinski definition) is 4. The Morgan fingerprint density at radius 3 is 2.35 bits per heavy atom. The van der Waals surface area contributed by atoms with Gasteiger partial charge >= 0.3 is 6.03 Å². The van der Waals surface area contributed by atoms with Crippen molar-refractivity contribution in [2.75, 3.05) is 13.2 Å². The Kier molecular flexibility index (Phi) is 7.52. The highest BCUT2D eigenvalue weighted by Crippen LogP contribution is 2.23. The molecule has 5 nitrogen and oxygen atoms in total. The predicted octanol–water partition coefficient (Wildman–Crippen LogP) is 2.48. The first-order valence-electron chi connectivity index (χ1n) is 8.17. The summed E-state index contributed by atoms with van der Waals surface area (Å²) in [6.45, 7) is 8.59. The van der Waals surface area contributed by atoms with Crippen LogP contribution in [0.5, 0.6) is 0 Å². The van der Waals surface area contributed by atoms with Crippen LogP contribution in [0.25, 0.3) is 0 Å². The van der Waals surface area contributed by atoms with Crippen molar-refractivity contribution in [1.29, 1.82) is 0 Å². The summed E-state index contributed by atoms with van der Waals surface area (Å²) in [5.41, 5.74) is 2.07. The molecule has 2 atom stereocenters. The lowest BCUT2D eigenvalue weighted by molar-refractivity contribution is 0.172. The van der Waals surface area contributed by atoms with Gasteiger partial charge in [-0.1, -0.05) is 45.0 Å². The number of hydrogen-bond acceptors (Lipinski definition) is 3. The average molecular weight is 322 g/mol. The Labute approximate surface area is 139 Å². The monoisotopic (exact) mass is 322 g/mol. The number of benzene rings is 1. The van der Waals surface area contributed by atoms with Crippen LogP contribution >= 0.6 is 0 Å². The van der Waals surface area contributed by atoms with E-state index >= 15 is 0 Å². The van der Waals surface area contributed by atoms with Crippen molar-refractivity contribution in [3.63, 3.8) is 0 Å². The van der Waals surface area contributed by atoms with Crippen LogP contribution in [0.1, 0.15) is 57.8 Å². The van der Waals surface area contributed by atoms with Crippen molar-refractivity contribution >= 4 is 6.03 Å².